The van der Waals surface area contributed by atoms with Crippen LogP contribution in [0.4, 0.5) is 0 Å². The normalized spacial score (nSPS) is 12.9. The third-order valence-corrected chi connectivity index (χ3v) is 2.92. The molecule has 0 aromatic heterocycles. The lowest BCUT2D eigenvalue weighted by atomic mass is 9.86. The molecule has 0 saturated carbocycles. The molecule has 0 aliphatic carbocycles. The Hall–Kier alpha value is -1.10. The van der Waals surface area contributed by atoms with Gasteiger partial charge in [-0.15, -0.1) is 0 Å². The molecule has 1 atom stereocenters. The lowest BCUT2D eigenvalue weighted by molar-refractivity contribution is -0.150. The van der Waals surface area contributed by atoms with E-state index in [0.717, 1.165) is 12.8 Å². The Balaban J connectivity index is 4.73. The molecule has 0 aliphatic heterocycles. The maximum atomic E-state index is 12.3. The monoisotopic (exact) mass is 272 g/mol. The molecule has 0 heterocycles. The molecule has 19 heavy (non-hydrogen) atoms. The molecule has 0 spiro atoms. The quantitative estimate of drug-likeness (QED) is 0.714. The second-order valence-corrected chi connectivity index (χ2v) is 5.76. The Morgan fingerprint density at radius 2 is 1.84 bits per heavy atom. The second kappa shape index (κ2) is 8.15. The molecule has 5 heteroatoms. The van der Waals surface area contributed by atoms with Crippen LogP contribution in [0.15, 0.2) is 0 Å². The van der Waals surface area contributed by atoms with Gasteiger partial charge in [0.15, 0.2) is 0 Å². The summed E-state index contributed by atoms with van der Waals surface area (Å²) >= 11 is 0. The van der Waals surface area contributed by atoms with Crippen molar-refractivity contribution in [3.63, 3.8) is 0 Å². The van der Waals surface area contributed by atoms with Crippen molar-refractivity contribution in [2.45, 2.75) is 53.5 Å². The van der Waals surface area contributed by atoms with Gasteiger partial charge in [-0.05, 0) is 18.8 Å². The number of ether oxygens (including phenoxy) is 1. The van der Waals surface area contributed by atoms with Crippen LogP contribution in [0.25, 0.3) is 0 Å². The highest BCUT2D eigenvalue weighted by atomic mass is 16.5. The first-order valence-corrected chi connectivity index (χ1v) is 6.94. The molecule has 2 N–H and O–H groups in total. The highest BCUT2D eigenvalue weighted by molar-refractivity contribution is 5.86. The van der Waals surface area contributed by atoms with Gasteiger partial charge < -0.3 is 15.4 Å². The Bertz CT molecular complexity index is 298. The fourth-order valence-corrected chi connectivity index (χ4v) is 1.55. The number of nitrogens with zero attached hydrogens (tertiary/aromatic N) is 1. The average Bonchev–Trinajstić information content (AvgIpc) is 2.31. The van der Waals surface area contributed by atoms with Crippen molar-refractivity contribution < 1.29 is 14.3 Å². The summed E-state index contributed by atoms with van der Waals surface area (Å²) in [4.78, 5) is 25.4. The zero-order valence-corrected chi connectivity index (χ0v) is 12.9. The molecule has 0 saturated heterocycles. The van der Waals surface area contributed by atoms with Gasteiger partial charge >= 0.3 is 5.97 Å². The summed E-state index contributed by atoms with van der Waals surface area (Å²) < 4.78 is 4.89. The van der Waals surface area contributed by atoms with Crippen LogP contribution in [0.2, 0.25) is 0 Å². The van der Waals surface area contributed by atoms with E-state index >= 15 is 0 Å². The predicted molar refractivity (Wildman–Crippen MR) is 75.6 cm³/mol. The van der Waals surface area contributed by atoms with Crippen molar-refractivity contribution in [1.82, 2.24) is 4.90 Å². The van der Waals surface area contributed by atoms with Crippen LogP contribution in [0.1, 0.15) is 47.5 Å². The van der Waals surface area contributed by atoms with Crippen molar-refractivity contribution in [2.24, 2.45) is 11.1 Å². The highest BCUT2D eigenvalue weighted by Gasteiger charge is 2.31. The van der Waals surface area contributed by atoms with E-state index in [2.05, 4.69) is 0 Å². The molecular weight excluding hydrogens is 244 g/mol. The van der Waals surface area contributed by atoms with Crippen LogP contribution >= 0.6 is 0 Å². The number of hydrogen-bond donors (Lipinski definition) is 1. The van der Waals surface area contributed by atoms with Gasteiger partial charge in [-0.25, -0.2) is 0 Å². The summed E-state index contributed by atoms with van der Waals surface area (Å²) in [6.07, 6.45) is 1.80. The van der Waals surface area contributed by atoms with Gasteiger partial charge in [-0.2, -0.15) is 0 Å². The summed E-state index contributed by atoms with van der Waals surface area (Å²) in [6, 6.07) is -0.612. The maximum absolute atomic E-state index is 12.3. The van der Waals surface area contributed by atoms with Crippen molar-refractivity contribution in [3.05, 3.63) is 0 Å². The third-order valence-electron chi connectivity index (χ3n) is 2.92. The van der Waals surface area contributed by atoms with Crippen molar-refractivity contribution in [1.29, 1.82) is 0 Å². The number of amides is 1. The lowest BCUT2D eigenvalue weighted by Gasteiger charge is -2.31. The number of carbonyl (C=O) groups is 2. The molecule has 0 aliphatic rings. The molecule has 0 bridgehead atoms. The number of rotatable bonds is 7. The molecule has 0 fully saturated rings. The van der Waals surface area contributed by atoms with Crippen LogP contribution in [0.3, 0.4) is 0 Å². The topological polar surface area (TPSA) is 72.6 Å². The van der Waals surface area contributed by atoms with Gasteiger partial charge in [-0.3, -0.25) is 9.59 Å². The summed E-state index contributed by atoms with van der Waals surface area (Å²) in [5.74, 6) is -0.568. The fraction of sp³-hybridized carbons (Fsp3) is 0.857. The Kier molecular flexibility index (Phi) is 7.68. The number of unbranched alkanes of at least 4 members (excludes halogenated alkanes) is 1. The fourth-order valence-electron chi connectivity index (χ4n) is 1.55. The van der Waals surface area contributed by atoms with Crippen LogP contribution in [-0.2, 0) is 14.3 Å². The number of carbonyl (C=O) groups excluding carboxylic acids is 2. The van der Waals surface area contributed by atoms with E-state index < -0.39 is 6.04 Å². The van der Waals surface area contributed by atoms with E-state index in [1.807, 2.05) is 27.7 Å². The first-order valence-electron chi connectivity index (χ1n) is 6.94. The number of hydrogen-bond acceptors (Lipinski definition) is 4. The first-order chi connectivity index (χ1) is 8.73. The molecule has 0 radical (unpaired) electrons. The average molecular weight is 272 g/mol. The molecular formula is C14H28N2O3. The number of esters is 1. The standard InChI is InChI=1S/C14H28N2O3/c1-6-8-9-16(10-11(17)19-7-2)13(18)12(15)14(3,4)5/h12H,6-10,15H2,1-5H3/t12-/m1/s1. The van der Waals surface area contributed by atoms with Gasteiger partial charge in [0.1, 0.15) is 6.54 Å². The molecule has 5 nitrogen and oxygen atoms in total. The molecule has 0 unspecified atom stereocenters. The molecule has 0 aromatic rings. The van der Waals surface area contributed by atoms with E-state index in [9.17, 15) is 9.59 Å². The third kappa shape index (κ3) is 6.57. The summed E-state index contributed by atoms with van der Waals surface area (Å²) in [5, 5.41) is 0. The van der Waals surface area contributed by atoms with E-state index in [0.29, 0.717) is 13.2 Å². The van der Waals surface area contributed by atoms with Crippen molar-refractivity contribution in [2.75, 3.05) is 19.7 Å². The summed E-state index contributed by atoms with van der Waals surface area (Å²) in [5.41, 5.74) is 5.65. The Morgan fingerprint density at radius 1 is 1.26 bits per heavy atom. The molecule has 0 aromatic carbocycles. The maximum Gasteiger partial charge on any atom is 0.325 e. The van der Waals surface area contributed by atoms with E-state index in [4.69, 9.17) is 10.5 Å². The second-order valence-electron chi connectivity index (χ2n) is 5.76. The SMILES string of the molecule is CCCCN(CC(=O)OCC)C(=O)[C@@H](N)C(C)(C)C. The molecule has 1 amide bonds. The van der Waals surface area contributed by atoms with Gasteiger partial charge in [-0.1, -0.05) is 34.1 Å². The lowest BCUT2D eigenvalue weighted by Crippen LogP contribution is -2.52. The summed E-state index contributed by atoms with van der Waals surface area (Å²) in [6.45, 7) is 10.4. The smallest absolute Gasteiger partial charge is 0.325 e. The van der Waals surface area contributed by atoms with E-state index in [-0.39, 0.29) is 23.8 Å². The zero-order chi connectivity index (χ0) is 15.1. The van der Waals surface area contributed by atoms with Gasteiger partial charge in [0.2, 0.25) is 5.91 Å². The summed E-state index contributed by atoms with van der Waals surface area (Å²) in [7, 11) is 0. The van der Waals surface area contributed by atoms with Crippen molar-refractivity contribution >= 4 is 11.9 Å². The first kappa shape index (κ1) is 17.9. The van der Waals surface area contributed by atoms with Gasteiger partial charge in [0, 0.05) is 6.54 Å². The highest BCUT2D eigenvalue weighted by Crippen LogP contribution is 2.19. The van der Waals surface area contributed by atoms with Crippen LogP contribution in [0.5, 0.6) is 0 Å². The number of nitrogens with two attached hydrogens (primary N) is 1. The predicted octanol–water partition coefficient (Wildman–Crippen LogP) is 1.55. The van der Waals surface area contributed by atoms with Gasteiger partial charge in [0.25, 0.3) is 0 Å². The van der Waals surface area contributed by atoms with Crippen LogP contribution in [0, 0.1) is 5.41 Å². The van der Waals surface area contributed by atoms with Crippen LogP contribution < -0.4 is 5.73 Å². The zero-order valence-electron chi connectivity index (χ0n) is 12.9. The van der Waals surface area contributed by atoms with Crippen LogP contribution in [-0.4, -0.2) is 42.5 Å². The largest absolute Gasteiger partial charge is 0.465 e. The van der Waals surface area contributed by atoms with Gasteiger partial charge in [0.05, 0.1) is 12.6 Å². The minimum Gasteiger partial charge on any atom is -0.465 e. The molecule has 0 rings (SSSR count). The minimum absolute atomic E-state index is 0.0174. The van der Waals surface area contributed by atoms with Crippen molar-refractivity contribution in [3.8, 4) is 0 Å². The molecule has 112 valence electrons. The minimum atomic E-state index is -0.612. The van der Waals surface area contributed by atoms with E-state index in [1.165, 1.54) is 4.90 Å². The Labute approximate surface area is 116 Å². The Morgan fingerprint density at radius 3 is 2.26 bits per heavy atom. The van der Waals surface area contributed by atoms with E-state index in [1.54, 1.807) is 6.92 Å².